The van der Waals surface area contributed by atoms with Crippen molar-refractivity contribution in [3.8, 4) is 0 Å². The van der Waals surface area contributed by atoms with Gasteiger partial charge < -0.3 is 5.11 Å². The first-order valence-corrected chi connectivity index (χ1v) is 5.08. The average Bonchev–Trinajstić information content (AvgIpc) is 2.59. The Balaban J connectivity index is 2.32. The molecule has 1 unspecified atom stereocenters. The molecule has 1 aliphatic heterocycles. The normalized spacial score (nSPS) is 22.1. The number of carbonyl (C=O) groups is 1. The molecule has 2 N–H and O–H groups in total. The Labute approximate surface area is 89.2 Å². The Morgan fingerprint density at radius 1 is 1.71 bits per heavy atom. The van der Waals surface area contributed by atoms with Crippen LogP contribution in [0.5, 0.6) is 0 Å². The van der Waals surface area contributed by atoms with Gasteiger partial charge in [-0.1, -0.05) is 0 Å². The number of β-amino-alcohol motifs (C(OH)–C–C–N with tert-alkyl or cyclic N) is 1. The van der Waals surface area contributed by atoms with E-state index in [0.717, 1.165) is 10.2 Å². The van der Waals surface area contributed by atoms with Crippen molar-refractivity contribution in [1.29, 1.82) is 0 Å². The third-order valence-corrected chi connectivity index (χ3v) is 3.16. The topological polar surface area (TPSA) is 69.2 Å². The fourth-order valence-electron chi connectivity index (χ4n) is 1.47. The van der Waals surface area contributed by atoms with E-state index in [9.17, 15) is 9.90 Å². The third-order valence-electron chi connectivity index (χ3n) is 2.22. The maximum atomic E-state index is 11.4. The summed E-state index contributed by atoms with van der Waals surface area (Å²) in [7, 11) is 0. The molecule has 14 heavy (non-hydrogen) atoms. The summed E-state index contributed by atoms with van der Waals surface area (Å²) in [6.45, 7) is 2.18. The Bertz CT molecular complexity index is 377. The molecule has 1 atom stereocenters. The minimum Gasteiger partial charge on any atom is -0.391 e. The van der Waals surface area contributed by atoms with Crippen LogP contribution in [0.3, 0.4) is 0 Å². The Morgan fingerprint density at radius 3 is 2.86 bits per heavy atom. The van der Waals surface area contributed by atoms with Gasteiger partial charge in [-0.15, -0.1) is 0 Å². The molecule has 2 heterocycles. The molecule has 6 heteroatoms. The third kappa shape index (κ3) is 1.44. The highest BCUT2D eigenvalue weighted by atomic mass is 79.9. The van der Waals surface area contributed by atoms with Crippen molar-refractivity contribution in [3.05, 3.63) is 10.2 Å². The van der Waals surface area contributed by atoms with Crippen molar-refractivity contribution in [1.82, 2.24) is 10.2 Å². The smallest absolute Gasteiger partial charge is 0.230 e. The van der Waals surface area contributed by atoms with Crippen LogP contribution in [-0.4, -0.2) is 33.9 Å². The molecule has 0 radical (unpaired) electrons. The zero-order valence-corrected chi connectivity index (χ0v) is 9.21. The first-order chi connectivity index (χ1) is 6.59. The van der Waals surface area contributed by atoms with Crippen LogP contribution in [-0.2, 0) is 4.79 Å². The zero-order valence-electron chi connectivity index (χ0n) is 7.62. The predicted octanol–water partition coefficient (Wildman–Crippen LogP) is 0.578. The number of aliphatic hydroxyl groups is 1. The van der Waals surface area contributed by atoms with Gasteiger partial charge in [0.25, 0.3) is 0 Å². The van der Waals surface area contributed by atoms with E-state index < -0.39 is 6.10 Å². The van der Waals surface area contributed by atoms with Gasteiger partial charge in [0.1, 0.15) is 0 Å². The van der Waals surface area contributed by atoms with Gasteiger partial charge in [-0.3, -0.25) is 14.8 Å². The zero-order chi connectivity index (χ0) is 10.3. The second kappa shape index (κ2) is 3.36. The number of anilines is 1. The molecule has 5 nitrogen and oxygen atoms in total. The van der Waals surface area contributed by atoms with Crippen molar-refractivity contribution in [2.75, 3.05) is 11.4 Å². The van der Waals surface area contributed by atoms with E-state index in [2.05, 4.69) is 26.1 Å². The second-order valence-electron chi connectivity index (χ2n) is 3.35. The Morgan fingerprint density at radius 2 is 2.43 bits per heavy atom. The van der Waals surface area contributed by atoms with Crippen LogP contribution in [0, 0.1) is 6.92 Å². The SMILES string of the molecule is Cc1[nH]nc(N2CC(O)CC2=O)c1Br. The van der Waals surface area contributed by atoms with Crippen LogP contribution in [0.1, 0.15) is 12.1 Å². The first kappa shape index (κ1) is 9.67. The fraction of sp³-hybridized carbons (Fsp3) is 0.500. The number of halogens is 1. The fourth-order valence-corrected chi connectivity index (χ4v) is 1.87. The molecule has 1 saturated heterocycles. The van der Waals surface area contributed by atoms with Crippen LogP contribution in [0.15, 0.2) is 4.47 Å². The highest BCUT2D eigenvalue weighted by Crippen LogP contribution is 2.29. The number of aliphatic hydroxyl groups excluding tert-OH is 1. The molecular formula is C8H10BrN3O2. The largest absolute Gasteiger partial charge is 0.391 e. The van der Waals surface area contributed by atoms with Gasteiger partial charge in [-0.05, 0) is 22.9 Å². The van der Waals surface area contributed by atoms with Gasteiger partial charge in [0, 0.05) is 5.69 Å². The minimum absolute atomic E-state index is 0.0929. The van der Waals surface area contributed by atoms with Crippen molar-refractivity contribution >= 4 is 27.7 Å². The van der Waals surface area contributed by atoms with Crippen LogP contribution >= 0.6 is 15.9 Å². The van der Waals surface area contributed by atoms with Crippen LogP contribution in [0.25, 0.3) is 0 Å². The van der Waals surface area contributed by atoms with Crippen LogP contribution in [0.4, 0.5) is 5.82 Å². The first-order valence-electron chi connectivity index (χ1n) is 4.28. The lowest BCUT2D eigenvalue weighted by atomic mass is 10.3. The quantitative estimate of drug-likeness (QED) is 0.775. The maximum absolute atomic E-state index is 11.4. The molecule has 0 aromatic carbocycles. The highest BCUT2D eigenvalue weighted by Gasteiger charge is 2.32. The van der Waals surface area contributed by atoms with E-state index in [1.165, 1.54) is 4.90 Å². The Hall–Kier alpha value is -0.880. The summed E-state index contributed by atoms with van der Waals surface area (Å²) < 4.78 is 0.778. The highest BCUT2D eigenvalue weighted by molar-refractivity contribution is 9.10. The molecule has 0 bridgehead atoms. The number of rotatable bonds is 1. The van der Waals surface area contributed by atoms with E-state index in [0.29, 0.717) is 12.4 Å². The van der Waals surface area contributed by atoms with Gasteiger partial charge in [0.05, 0.1) is 23.5 Å². The monoisotopic (exact) mass is 259 g/mol. The molecule has 1 aliphatic rings. The van der Waals surface area contributed by atoms with Crippen molar-refractivity contribution < 1.29 is 9.90 Å². The number of aromatic nitrogens is 2. The lowest BCUT2D eigenvalue weighted by Gasteiger charge is -2.12. The number of nitrogens with zero attached hydrogens (tertiary/aromatic N) is 2. The Kier molecular flexibility index (Phi) is 2.32. The van der Waals surface area contributed by atoms with Gasteiger partial charge in [-0.25, -0.2) is 0 Å². The summed E-state index contributed by atoms with van der Waals surface area (Å²) in [6, 6.07) is 0. The number of nitrogens with one attached hydrogen (secondary N) is 1. The van der Waals surface area contributed by atoms with Crippen molar-refractivity contribution in [2.24, 2.45) is 0 Å². The molecular weight excluding hydrogens is 250 g/mol. The van der Waals surface area contributed by atoms with E-state index in [1.54, 1.807) is 0 Å². The number of carbonyl (C=O) groups excluding carboxylic acids is 1. The molecule has 2 rings (SSSR count). The standard InChI is InChI=1S/C8H10BrN3O2/c1-4-7(9)8(11-10-4)12-3-5(13)2-6(12)14/h5,13H,2-3H2,1H3,(H,10,11). The molecule has 1 aromatic rings. The number of aromatic amines is 1. The summed E-state index contributed by atoms with van der Waals surface area (Å²) in [4.78, 5) is 12.9. The molecule has 1 fully saturated rings. The summed E-state index contributed by atoms with van der Waals surface area (Å²) >= 11 is 3.34. The lowest BCUT2D eigenvalue weighted by molar-refractivity contribution is -0.117. The number of aryl methyl sites for hydroxylation is 1. The average molecular weight is 260 g/mol. The second-order valence-corrected chi connectivity index (χ2v) is 4.14. The summed E-state index contributed by atoms with van der Waals surface area (Å²) in [5.41, 5.74) is 0.870. The summed E-state index contributed by atoms with van der Waals surface area (Å²) in [6.07, 6.45) is -0.398. The number of hydrogen-bond acceptors (Lipinski definition) is 3. The number of hydrogen-bond donors (Lipinski definition) is 2. The van der Waals surface area contributed by atoms with E-state index in [1.807, 2.05) is 6.92 Å². The predicted molar refractivity (Wildman–Crippen MR) is 54.0 cm³/mol. The van der Waals surface area contributed by atoms with Gasteiger partial charge in [0.15, 0.2) is 5.82 Å². The van der Waals surface area contributed by atoms with Gasteiger partial charge in [0.2, 0.25) is 5.91 Å². The molecule has 0 aliphatic carbocycles. The maximum Gasteiger partial charge on any atom is 0.230 e. The van der Waals surface area contributed by atoms with E-state index >= 15 is 0 Å². The van der Waals surface area contributed by atoms with Crippen LogP contribution in [0.2, 0.25) is 0 Å². The number of H-pyrrole nitrogens is 1. The number of amides is 1. The van der Waals surface area contributed by atoms with Crippen molar-refractivity contribution in [2.45, 2.75) is 19.4 Å². The molecule has 0 spiro atoms. The van der Waals surface area contributed by atoms with Crippen LogP contribution < -0.4 is 4.90 Å². The molecule has 1 aromatic heterocycles. The summed E-state index contributed by atoms with van der Waals surface area (Å²) in [5, 5.41) is 16.1. The van der Waals surface area contributed by atoms with Gasteiger partial charge >= 0.3 is 0 Å². The van der Waals surface area contributed by atoms with E-state index in [4.69, 9.17) is 0 Å². The van der Waals surface area contributed by atoms with Gasteiger partial charge in [-0.2, -0.15) is 5.10 Å². The summed E-state index contributed by atoms with van der Waals surface area (Å²) in [5.74, 6) is 0.466. The molecule has 76 valence electrons. The van der Waals surface area contributed by atoms with Crippen molar-refractivity contribution in [3.63, 3.8) is 0 Å². The van der Waals surface area contributed by atoms with E-state index in [-0.39, 0.29) is 12.3 Å². The lowest BCUT2D eigenvalue weighted by Crippen LogP contribution is -2.25. The molecule has 1 amide bonds. The minimum atomic E-state index is -0.577. The molecule has 0 saturated carbocycles.